The molecule has 1 fully saturated rings. The molecule has 1 atom stereocenters. The fourth-order valence-corrected chi connectivity index (χ4v) is 7.03. The number of aromatic nitrogens is 3. The van der Waals surface area contributed by atoms with Gasteiger partial charge in [-0.25, -0.2) is 4.39 Å². The van der Waals surface area contributed by atoms with E-state index in [0.29, 0.717) is 15.7 Å². The number of likely N-dealkylation sites (tertiary alicyclic amines) is 1. The summed E-state index contributed by atoms with van der Waals surface area (Å²) in [6.07, 6.45) is 7.64. The normalized spacial score (nSPS) is 16.8. The maximum Gasteiger partial charge on any atom is 0.235 e. The number of nitriles is 1. The van der Waals surface area contributed by atoms with E-state index in [-0.39, 0.29) is 23.5 Å². The lowest BCUT2D eigenvalue weighted by Gasteiger charge is -2.31. The third-order valence-corrected chi connectivity index (χ3v) is 9.06. The molecule has 1 amide bonds. The van der Waals surface area contributed by atoms with Gasteiger partial charge in [-0.15, -0.1) is 21.5 Å². The summed E-state index contributed by atoms with van der Waals surface area (Å²) in [6.45, 7) is 4.14. The summed E-state index contributed by atoms with van der Waals surface area (Å²) in [5.41, 5.74) is 2.48. The third-order valence-electron chi connectivity index (χ3n) is 6.92. The molecule has 5 rings (SSSR count). The minimum Gasteiger partial charge on any atom is -0.316 e. The first-order chi connectivity index (χ1) is 17.5. The van der Waals surface area contributed by atoms with Crippen LogP contribution in [0.25, 0.3) is 5.69 Å². The molecule has 0 radical (unpaired) electrons. The number of aryl methyl sites for hydroxylation is 1. The number of benzene rings is 1. The lowest BCUT2D eigenvalue weighted by Crippen LogP contribution is -2.33. The largest absolute Gasteiger partial charge is 0.316 e. The Morgan fingerprint density at radius 1 is 1.17 bits per heavy atom. The number of anilines is 1. The van der Waals surface area contributed by atoms with Crippen LogP contribution in [0.3, 0.4) is 0 Å². The lowest BCUT2D eigenvalue weighted by atomic mass is 9.96. The molecule has 10 heteroatoms. The number of fused-ring (bicyclic) bond motifs is 1. The average Bonchev–Trinajstić information content (AvgIpc) is 3.48. The molecule has 0 saturated carbocycles. The molecule has 36 heavy (non-hydrogen) atoms. The van der Waals surface area contributed by atoms with Gasteiger partial charge in [-0.05, 0) is 88.4 Å². The zero-order valence-electron chi connectivity index (χ0n) is 20.3. The predicted molar refractivity (Wildman–Crippen MR) is 140 cm³/mol. The summed E-state index contributed by atoms with van der Waals surface area (Å²) in [5.74, 6) is 0.418. The standard InChI is InChI=1S/C26H29FN6OS2/c1-17(32-13-5-2-6-14-32)24-30-31-26(33(24)19-11-9-18(27)10-12-19)35-16-23(34)29-25-21(15-28)20-7-3-4-8-22(20)36-25/h9-12,17H,2-8,13-14,16H2,1H3,(H,29,34). The van der Waals surface area contributed by atoms with Gasteiger partial charge < -0.3 is 5.32 Å². The smallest absolute Gasteiger partial charge is 0.235 e. The van der Waals surface area contributed by atoms with Crippen LogP contribution in [0.5, 0.6) is 0 Å². The van der Waals surface area contributed by atoms with Crippen LogP contribution < -0.4 is 5.32 Å². The van der Waals surface area contributed by atoms with Crippen molar-refractivity contribution in [3.8, 4) is 11.8 Å². The van der Waals surface area contributed by atoms with E-state index in [1.54, 1.807) is 12.1 Å². The highest BCUT2D eigenvalue weighted by atomic mass is 32.2. The summed E-state index contributed by atoms with van der Waals surface area (Å²) < 4.78 is 15.6. The number of carbonyl (C=O) groups excluding carboxylic acids is 1. The Labute approximate surface area is 218 Å². The number of thioether (sulfide) groups is 1. The Balaban J connectivity index is 1.35. The fourth-order valence-electron chi connectivity index (χ4n) is 5.01. The van der Waals surface area contributed by atoms with Gasteiger partial charge in [0.1, 0.15) is 16.9 Å². The second-order valence-electron chi connectivity index (χ2n) is 9.29. The van der Waals surface area contributed by atoms with Crippen LogP contribution in [0, 0.1) is 17.1 Å². The van der Waals surface area contributed by atoms with Crippen molar-refractivity contribution >= 4 is 34.0 Å². The number of hydrogen-bond acceptors (Lipinski definition) is 7. The van der Waals surface area contributed by atoms with Crippen molar-refractivity contribution in [2.45, 2.75) is 63.1 Å². The Bertz CT molecular complexity index is 1270. The molecule has 1 aliphatic heterocycles. The van der Waals surface area contributed by atoms with Crippen molar-refractivity contribution in [3.05, 3.63) is 51.9 Å². The maximum absolute atomic E-state index is 13.7. The molecular formula is C26H29FN6OS2. The molecule has 2 aromatic heterocycles. The van der Waals surface area contributed by atoms with E-state index < -0.39 is 0 Å². The van der Waals surface area contributed by atoms with E-state index in [2.05, 4.69) is 33.4 Å². The van der Waals surface area contributed by atoms with Gasteiger partial charge >= 0.3 is 0 Å². The molecule has 1 N–H and O–H groups in total. The molecule has 1 saturated heterocycles. The van der Waals surface area contributed by atoms with Gasteiger partial charge in [0.25, 0.3) is 0 Å². The van der Waals surface area contributed by atoms with Crippen LogP contribution >= 0.6 is 23.1 Å². The van der Waals surface area contributed by atoms with E-state index in [1.165, 1.54) is 46.5 Å². The van der Waals surface area contributed by atoms with E-state index in [0.717, 1.165) is 68.7 Å². The summed E-state index contributed by atoms with van der Waals surface area (Å²) in [4.78, 5) is 16.5. The summed E-state index contributed by atoms with van der Waals surface area (Å²) in [5, 5.41) is 22.8. The van der Waals surface area contributed by atoms with Gasteiger partial charge in [-0.3, -0.25) is 14.3 Å². The maximum atomic E-state index is 13.7. The van der Waals surface area contributed by atoms with Gasteiger partial charge in [-0.1, -0.05) is 18.2 Å². The van der Waals surface area contributed by atoms with Gasteiger partial charge in [0.05, 0.1) is 17.4 Å². The SMILES string of the molecule is CC(c1nnc(SCC(=O)Nc2sc3c(c2C#N)CCCC3)n1-c1ccc(F)cc1)N1CCCCC1. The monoisotopic (exact) mass is 524 g/mol. The molecule has 7 nitrogen and oxygen atoms in total. The zero-order valence-corrected chi connectivity index (χ0v) is 21.9. The molecule has 3 heterocycles. The third kappa shape index (κ3) is 5.19. The van der Waals surface area contributed by atoms with E-state index >= 15 is 0 Å². The first-order valence-electron chi connectivity index (χ1n) is 12.5. The van der Waals surface area contributed by atoms with Gasteiger partial charge in [0.2, 0.25) is 5.91 Å². The number of amides is 1. The van der Waals surface area contributed by atoms with Crippen molar-refractivity contribution in [1.82, 2.24) is 19.7 Å². The van der Waals surface area contributed by atoms with Crippen molar-refractivity contribution in [3.63, 3.8) is 0 Å². The molecule has 2 aliphatic rings. The highest BCUT2D eigenvalue weighted by Crippen LogP contribution is 2.38. The molecule has 0 bridgehead atoms. The first kappa shape index (κ1) is 24.9. The summed E-state index contributed by atoms with van der Waals surface area (Å²) in [7, 11) is 0. The summed E-state index contributed by atoms with van der Waals surface area (Å²) >= 11 is 2.82. The number of nitrogens with zero attached hydrogens (tertiary/aromatic N) is 5. The molecular weight excluding hydrogens is 495 g/mol. The summed E-state index contributed by atoms with van der Waals surface area (Å²) in [6, 6.07) is 8.61. The Kier molecular flexibility index (Phi) is 7.70. The molecule has 3 aromatic rings. The topological polar surface area (TPSA) is 86.8 Å². The number of piperidine rings is 1. The number of carbonyl (C=O) groups is 1. The Morgan fingerprint density at radius 3 is 2.67 bits per heavy atom. The van der Waals surface area contributed by atoms with Crippen LogP contribution in [-0.4, -0.2) is 44.4 Å². The fraction of sp³-hybridized carbons (Fsp3) is 0.462. The van der Waals surface area contributed by atoms with Crippen LogP contribution in [0.15, 0.2) is 29.4 Å². The van der Waals surface area contributed by atoms with E-state index in [1.807, 2.05) is 4.57 Å². The minimum absolute atomic E-state index is 0.0432. The average molecular weight is 525 g/mol. The molecule has 188 valence electrons. The lowest BCUT2D eigenvalue weighted by molar-refractivity contribution is -0.113. The second-order valence-corrected chi connectivity index (χ2v) is 11.3. The van der Waals surface area contributed by atoms with E-state index in [4.69, 9.17) is 0 Å². The van der Waals surface area contributed by atoms with Crippen LogP contribution in [0.4, 0.5) is 9.39 Å². The number of thiophene rings is 1. The quantitative estimate of drug-likeness (QED) is 0.411. The minimum atomic E-state index is -0.307. The van der Waals surface area contributed by atoms with Gasteiger partial charge in [0.15, 0.2) is 11.0 Å². The number of nitrogens with one attached hydrogen (secondary N) is 1. The number of hydrogen-bond donors (Lipinski definition) is 1. The second kappa shape index (κ2) is 11.1. The van der Waals surface area contributed by atoms with Gasteiger partial charge in [0, 0.05) is 10.6 Å². The zero-order chi connectivity index (χ0) is 25.1. The highest BCUT2D eigenvalue weighted by molar-refractivity contribution is 7.99. The predicted octanol–water partition coefficient (Wildman–Crippen LogP) is 5.50. The van der Waals surface area contributed by atoms with Crippen LogP contribution in [0.2, 0.25) is 0 Å². The molecule has 0 spiro atoms. The van der Waals surface area contributed by atoms with Gasteiger partial charge in [-0.2, -0.15) is 5.26 Å². The van der Waals surface area contributed by atoms with Crippen molar-refractivity contribution in [1.29, 1.82) is 5.26 Å². The Morgan fingerprint density at radius 2 is 1.92 bits per heavy atom. The Hall–Kier alpha value is -2.74. The number of halogens is 1. The van der Waals surface area contributed by atoms with Crippen molar-refractivity contribution < 1.29 is 9.18 Å². The van der Waals surface area contributed by atoms with E-state index in [9.17, 15) is 14.4 Å². The van der Waals surface area contributed by atoms with Crippen molar-refractivity contribution in [2.75, 3.05) is 24.2 Å². The molecule has 1 aliphatic carbocycles. The highest BCUT2D eigenvalue weighted by Gasteiger charge is 2.26. The first-order valence-corrected chi connectivity index (χ1v) is 14.3. The number of rotatable bonds is 7. The van der Waals surface area contributed by atoms with Crippen LogP contribution in [0.1, 0.15) is 66.9 Å². The van der Waals surface area contributed by atoms with Crippen molar-refractivity contribution in [2.24, 2.45) is 0 Å². The molecule has 1 unspecified atom stereocenters. The van der Waals surface area contributed by atoms with Crippen LogP contribution in [-0.2, 0) is 17.6 Å². The molecule has 1 aromatic carbocycles.